The molecule has 0 heteroatoms. The zero-order valence-corrected chi connectivity index (χ0v) is 13.3. The van der Waals surface area contributed by atoms with Gasteiger partial charge in [-0.05, 0) is 48.3 Å². The first-order valence-electron chi connectivity index (χ1n) is 8.24. The molecule has 0 aromatic heterocycles. The molecule has 1 atom stereocenters. The van der Waals surface area contributed by atoms with Gasteiger partial charge in [0.1, 0.15) is 0 Å². The van der Waals surface area contributed by atoms with Gasteiger partial charge in [-0.1, -0.05) is 91.0 Å². The van der Waals surface area contributed by atoms with Crippen LogP contribution in [0.3, 0.4) is 0 Å². The van der Waals surface area contributed by atoms with Crippen molar-refractivity contribution in [1.82, 2.24) is 0 Å². The Morgan fingerprint density at radius 1 is 0.652 bits per heavy atom. The standard InChI is InChI=1S/C23H22/c1-4-10-20(11-5-1)16-18-23(22-14-8-3-9-15-22)19-17-21-12-6-2-7-13-21/h1-16,18,23H,17,19H2/t23-/m1/s1. The van der Waals surface area contributed by atoms with E-state index in [4.69, 9.17) is 0 Å². The van der Waals surface area contributed by atoms with Crippen molar-refractivity contribution in [2.24, 2.45) is 0 Å². The summed E-state index contributed by atoms with van der Waals surface area (Å²) in [7, 11) is 0. The predicted molar refractivity (Wildman–Crippen MR) is 98.1 cm³/mol. The number of hydrogen-bond acceptors (Lipinski definition) is 0. The van der Waals surface area contributed by atoms with Gasteiger partial charge in [-0.2, -0.15) is 0 Å². The quantitative estimate of drug-likeness (QED) is 0.512. The van der Waals surface area contributed by atoms with E-state index < -0.39 is 0 Å². The second-order valence-corrected chi connectivity index (χ2v) is 5.81. The molecule has 0 aliphatic carbocycles. The maximum Gasteiger partial charge on any atom is -0.00528 e. The average molecular weight is 298 g/mol. The molecule has 0 bridgehead atoms. The van der Waals surface area contributed by atoms with E-state index in [2.05, 4.69) is 104 Å². The smallest absolute Gasteiger partial charge is 0.00528 e. The normalized spacial score (nSPS) is 10.8. The lowest BCUT2D eigenvalue weighted by molar-refractivity contribution is 0.703. The molecule has 0 fully saturated rings. The largest absolute Gasteiger partial charge is 0.0622 e. The van der Waals surface area contributed by atoms with Crippen LogP contribution in [0.2, 0.25) is 0 Å². The van der Waals surface area contributed by atoms with Crippen LogP contribution in [0.1, 0.15) is 29.0 Å². The molecule has 0 heterocycles. The van der Waals surface area contributed by atoms with Crippen LogP contribution in [0.15, 0.2) is 91.0 Å². The lowest BCUT2D eigenvalue weighted by Gasteiger charge is -2.17. The number of hydrogen-bond donors (Lipinski definition) is 0. The third kappa shape index (κ3) is 4.82. The topological polar surface area (TPSA) is 0 Å². The maximum atomic E-state index is 2.34. The molecule has 3 aromatic rings. The summed E-state index contributed by atoms with van der Waals surface area (Å²) < 4.78 is 0. The van der Waals surface area contributed by atoms with E-state index in [9.17, 15) is 0 Å². The fourth-order valence-electron chi connectivity index (χ4n) is 2.83. The molecule has 23 heavy (non-hydrogen) atoms. The van der Waals surface area contributed by atoms with Gasteiger partial charge >= 0.3 is 0 Å². The van der Waals surface area contributed by atoms with Crippen molar-refractivity contribution < 1.29 is 0 Å². The molecule has 0 amide bonds. The summed E-state index contributed by atoms with van der Waals surface area (Å²) in [6, 6.07) is 32.0. The highest BCUT2D eigenvalue weighted by Crippen LogP contribution is 2.27. The van der Waals surface area contributed by atoms with Gasteiger partial charge in [-0.3, -0.25) is 0 Å². The summed E-state index contributed by atoms with van der Waals surface area (Å²) in [5, 5.41) is 0. The predicted octanol–water partition coefficient (Wildman–Crippen LogP) is 5.86. The molecule has 0 spiro atoms. The van der Waals surface area contributed by atoms with E-state index in [0.717, 1.165) is 12.8 Å². The molecule has 3 rings (SSSR count). The first-order chi connectivity index (χ1) is 11.4. The zero-order valence-electron chi connectivity index (χ0n) is 13.3. The van der Waals surface area contributed by atoms with Gasteiger partial charge in [0.25, 0.3) is 0 Å². The van der Waals surface area contributed by atoms with Gasteiger partial charge in [-0.15, -0.1) is 0 Å². The van der Waals surface area contributed by atoms with Crippen LogP contribution in [0, 0.1) is 12.8 Å². The fourth-order valence-corrected chi connectivity index (χ4v) is 2.83. The first kappa shape index (κ1) is 15.6. The van der Waals surface area contributed by atoms with E-state index >= 15 is 0 Å². The summed E-state index contributed by atoms with van der Waals surface area (Å²) in [6.45, 7) is 0. The van der Waals surface area contributed by atoms with Crippen LogP contribution in [0.5, 0.6) is 0 Å². The van der Waals surface area contributed by atoms with Crippen molar-refractivity contribution in [3.05, 3.63) is 121 Å². The highest BCUT2D eigenvalue weighted by Gasteiger charge is 2.12. The Kier molecular flexibility index (Phi) is 5.64. The van der Waals surface area contributed by atoms with E-state index in [1.54, 1.807) is 0 Å². The minimum atomic E-state index is 0.441. The number of aryl methyl sites for hydroxylation is 1. The van der Waals surface area contributed by atoms with Gasteiger partial charge in [-0.25, -0.2) is 0 Å². The second kappa shape index (κ2) is 8.33. The van der Waals surface area contributed by atoms with Gasteiger partial charge in [0.05, 0.1) is 0 Å². The Balaban J connectivity index is 1.66. The summed E-state index contributed by atoms with van der Waals surface area (Å²) >= 11 is 0. The average Bonchev–Trinajstić information content (AvgIpc) is 2.64. The van der Waals surface area contributed by atoms with Crippen LogP contribution in [-0.4, -0.2) is 0 Å². The summed E-state index contributed by atoms with van der Waals surface area (Å²) in [6.07, 6.45) is 6.80. The molecule has 0 saturated carbocycles. The van der Waals surface area contributed by atoms with Gasteiger partial charge in [0, 0.05) is 0 Å². The third-order valence-corrected chi connectivity index (χ3v) is 4.14. The Morgan fingerprint density at radius 2 is 1.22 bits per heavy atom. The number of rotatable bonds is 7. The highest BCUT2D eigenvalue weighted by atomic mass is 14.2. The lowest BCUT2D eigenvalue weighted by Crippen LogP contribution is -2.03. The van der Waals surface area contributed by atoms with Crippen molar-refractivity contribution >= 4 is 0 Å². The minimum Gasteiger partial charge on any atom is -0.0622 e. The van der Waals surface area contributed by atoms with Crippen molar-refractivity contribution in [3.63, 3.8) is 0 Å². The monoisotopic (exact) mass is 298 g/mol. The molecule has 114 valence electrons. The highest BCUT2D eigenvalue weighted by molar-refractivity contribution is 5.31. The molecule has 0 unspecified atom stereocenters. The van der Waals surface area contributed by atoms with Crippen LogP contribution >= 0.6 is 0 Å². The van der Waals surface area contributed by atoms with E-state index in [-0.39, 0.29) is 0 Å². The van der Waals surface area contributed by atoms with Gasteiger partial charge in [0.15, 0.2) is 0 Å². The van der Waals surface area contributed by atoms with Crippen LogP contribution < -0.4 is 0 Å². The summed E-state index contributed by atoms with van der Waals surface area (Å²) in [5.41, 5.74) is 4.05. The van der Waals surface area contributed by atoms with Gasteiger partial charge < -0.3 is 0 Å². The molecule has 0 aliphatic heterocycles. The molecule has 0 nitrogen and oxygen atoms in total. The van der Waals surface area contributed by atoms with Crippen molar-refractivity contribution in [2.75, 3.05) is 0 Å². The van der Waals surface area contributed by atoms with Crippen LogP contribution in [0.4, 0.5) is 0 Å². The van der Waals surface area contributed by atoms with Crippen molar-refractivity contribution in [3.8, 4) is 0 Å². The Morgan fingerprint density at radius 3 is 1.87 bits per heavy atom. The fraction of sp³-hybridized carbons (Fsp3) is 0.130. The Bertz CT molecular complexity index is 628. The Hall–Kier alpha value is -2.34. The SMILES string of the molecule is [CH]([CH][C@H](CCc1ccccc1)c1ccccc1)c1ccccc1. The van der Waals surface area contributed by atoms with Crippen LogP contribution in [-0.2, 0) is 6.42 Å². The van der Waals surface area contributed by atoms with E-state index in [0.29, 0.717) is 5.92 Å². The number of benzene rings is 3. The van der Waals surface area contributed by atoms with Crippen LogP contribution in [0.25, 0.3) is 0 Å². The molecule has 0 saturated heterocycles. The first-order valence-corrected chi connectivity index (χ1v) is 8.24. The van der Waals surface area contributed by atoms with Gasteiger partial charge in [0.2, 0.25) is 0 Å². The Labute approximate surface area is 139 Å². The molecular weight excluding hydrogens is 276 g/mol. The molecular formula is C23H22. The van der Waals surface area contributed by atoms with Crippen molar-refractivity contribution in [1.29, 1.82) is 0 Å². The molecule has 0 aliphatic rings. The summed E-state index contributed by atoms with van der Waals surface area (Å²) in [5.74, 6) is 0.441. The van der Waals surface area contributed by atoms with E-state index in [1.807, 2.05) is 0 Å². The lowest BCUT2D eigenvalue weighted by atomic mass is 9.87. The molecule has 3 aromatic carbocycles. The second-order valence-electron chi connectivity index (χ2n) is 5.81. The van der Waals surface area contributed by atoms with E-state index in [1.165, 1.54) is 16.7 Å². The molecule has 2 radical (unpaired) electrons. The minimum absolute atomic E-state index is 0.441. The van der Waals surface area contributed by atoms with Crippen molar-refractivity contribution in [2.45, 2.75) is 18.8 Å². The maximum absolute atomic E-state index is 2.34. The zero-order chi connectivity index (χ0) is 15.7. The third-order valence-electron chi connectivity index (χ3n) is 4.14. The summed E-state index contributed by atoms with van der Waals surface area (Å²) in [4.78, 5) is 0. The molecule has 0 N–H and O–H groups in total.